The Morgan fingerprint density at radius 2 is 2.04 bits per heavy atom. The largest absolute Gasteiger partial charge is 0.381 e. The Morgan fingerprint density at radius 1 is 1.29 bits per heavy atom. The summed E-state index contributed by atoms with van der Waals surface area (Å²) in [6.07, 6.45) is 3.12. The average Bonchev–Trinajstić information content (AvgIpc) is 2.67. The first-order valence-electron chi connectivity index (χ1n) is 9.75. The van der Waals surface area contributed by atoms with Crippen LogP contribution < -0.4 is 10.6 Å². The normalized spacial score (nSPS) is 16.4. The molecule has 1 aliphatic rings. The zero-order valence-electron chi connectivity index (χ0n) is 16.7. The van der Waals surface area contributed by atoms with Crippen LogP contribution in [0.5, 0.6) is 0 Å². The molecule has 160 valence electrons. The molecule has 1 atom stereocenters. The molecule has 8 heteroatoms. The summed E-state index contributed by atoms with van der Waals surface area (Å²) < 4.78 is 11.2. The van der Waals surface area contributed by atoms with Gasteiger partial charge < -0.3 is 20.1 Å². The van der Waals surface area contributed by atoms with Crippen LogP contribution in [0.2, 0.25) is 10.0 Å². The first-order valence-corrected chi connectivity index (χ1v) is 10.5. The Bertz CT molecular complexity index is 599. The number of hydrogen-bond donors (Lipinski definition) is 2. The van der Waals surface area contributed by atoms with Crippen molar-refractivity contribution in [2.24, 2.45) is 10.9 Å². The number of benzene rings is 1. The molecular formula is C20H32Cl2IN3O2. The van der Waals surface area contributed by atoms with E-state index in [9.17, 15) is 0 Å². The highest BCUT2D eigenvalue weighted by atomic mass is 127. The second-order valence-electron chi connectivity index (χ2n) is 6.78. The number of rotatable bonds is 9. The van der Waals surface area contributed by atoms with Gasteiger partial charge in [0.15, 0.2) is 5.96 Å². The molecule has 1 heterocycles. The highest BCUT2D eigenvalue weighted by Gasteiger charge is 2.13. The Hall–Kier alpha value is -0.280. The highest BCUT2D eigenvalue weighted by molar-refractivity contribution is 14.0. The minimum atomic E-state index is 0. The predicted molar refractivity (Wildman–Crippen MR) is 128 cm³/mol. The number of hydrogen-bond acceptors (Lipinski definition) is 3. The molecule has 2 N–H and O–H groups in total. The molecule has 0 radical (unpaired) electrons. The average molecular weight is 544 g/mol. The van der Waals surface area contributed by atoms with Crippen molar-refractivity contribution in [2.45, 2.75) is 39.2 Å². The van der Waals surface area contributed by atoms with Gasteiger partial charge in [-0.25, -0.2) is 0 Å². The molecule has 28 heavy (non-hydrogen) atoms. The minimum absolute atomic E-state index is 0. The Labute approximate surface area is 196 Å². The quantitative estimate of drug-likeness (QED) is 0.198. The number of ether oxygens (including phenoxy) is 2. The fourth-order valence-electron chi connectivity index (χ4n) is 2.91. The second-order valence-corrected chi connectivity index (χ2v) is 7.60. The Morgan fingerprint density at radius 3 is 2.71 bits per heavy atom. The van der Waals surface area contributed by atoms with Crippen LogP contribution in [0.4, 0.5) is 0 Å². The number of nitrogens with zero attached hydrogens (tertiary/aromatic N) is 1. The number of halogens is 3. The van der Waals surface area contributed by atoms with E-state index in [-0.39, 0.29) is 30.0 Å². The van der Waals surface area contributed by atoms with Crippen LogP contribution >= 0.6 is 47.2 Å². The smallest absolute Gasteiger partial charge is 0.191 e. The molecule has 1 aromatic carbocycles. The van der Waals surface area contributed by atoms with Gasteiger partial charge in [0.1, 0.15) is 0 Å². The van der Waals surface area contributed by atoms with Crippen molar-refractivity contribution in [1.29, 1.82) is 0 Å². The van der Waals surface area contributed by atoms with Crippen LogP contribution in [0.1, 0.15) is 44.7 Å². The van der Waals surface area contributed by atoms with Crippen molar-refractivity contribution in [3.63, 3.8) is 0 Å². The van der Waals surface area contributed by atoms with Crippen LogP contribution in [0.25, 0.3) is 0 Å². The SMILES string of the molecule is CCNC(=NCCCOCC1CCOCC1)NC(C)c1ccc(Cl)c(Cl)c1.I. The summed E-state index contributed by atoms with van der Waals surface area (Å²) in [5.41, 5.74) is 1.06. The van der Waals surface area contributed by atoms with Crippen LogP contribution in [-0.4, -0.2) is 45.5 Å². The number of aliphatic imine (C=N–C) groups is 1. The Kier molecular flexibility index (Phi) is 13.5. The van der Waals surface area contributed by atoms with Gasteiger partial charge >= 0.3 is 0 Å². The molecule has 1 fully saturated rings. The summed E-state index contributed by atoms with van der Waals surface area (Å²) in [7, 11) is 0. The Balaban J connectivity index is 0.00000392. The van der Waals surface area contributed by atoms with Crippen LogP contribution in [0.3, 0.4) is 0 Å². The van der Waals surface area contributed by atoms with Crippen molar-refractivity contribution in [3.05, 3.63) is 33.8 Å². The number of nitrogens with one attached hydrogen (secondary N) is 2. The molecule has 0 bridgehead atoms. The lowest BCUT2D eigenvalue weighted by Gasteiger charge is -2.21. The van der Waals surface area contributed by atoms with Crippen molar-refractivity contribution < 1.29 is 9.47 Å². The second kappa shape index (κ2) is 14.7. The van der Waals surface area contributed by atoms with Gasteiger partial charge in [-0.2, -0.15) is 0 Å². The fraction of sp³-hybridized carbons (Fsp3) is 0.650. The zero-order chi connectivity index (χ0) is 19.5. The molecular weight excluding hydrogens is 512 g/mol. The van der Waals surface area contributed by atoms with Gasteiger partial charge in [0.2, 0.25) is 0 Å². The van der Waals surface area contributed by atoms with Gasteiger partial charge in [0, 0.05) is 39.5 Å². The summed E-state index contributed by atoms with van der Waals surface area (Å²) in [6, 6.07) is 5.74. The van der Waals surface area contributed by atoms with Crippen LogP contribution in [0.15, 0.2) is 23.2 Å². The zero-order valence-corrected chi connectivity index (χ0v) is 20.5. The molecule has 0 aromatic heterocycles. The van der Waals surface area contributed by atoms with Crippen molar-refractivity contribution >= 4 is 53.1 Å². The van der Waals surface area contributed by atoms with Gasteiger partial charge in [-0.15, -0.1) is 24.0 Å². The van der Waals surface area contributed by atoms with E-state index in [0.29, 0.717) is 16.0 Å². The first-order chi connectivity index (χ1) is 13.1. The molecule has 2 rings (SSSR count). The third kappa shape index (κ3) is 9.48. The summed E-state index contributed by atoms with van der Waals surface area (Å²) in [4.78, 5) is 4.64. The molecule has 1 aromatic rings. The molecule has 1 saturated heterocycles. The van der Waals surface area contributed by atoms with E-state index in [1.54, 1.807) is 0 Å². The van der Waals surface area contributed by atoms with E-state index >= 15 is 0 Å². The van der Waals surface area contributed by atoms with E-state index in [4.69, 9.17) is 32.7 Å². The molecule has 1 aliphatic heterocycles. The van der Waals surface area contributed by atoms with Gasteiger partial charge in [-0.3, -0.25) is 4.99 Å². The highest BCUT2D eigenvalue weighted by Crippen LogP contribution is 2.25. The van der Waals surface area contributed by atoms with E-state index in [1.165, 1.54) is 0 Å². The monoisotopic (exact) mass is 543 g/mol. The molecule has 0 spiro atoms. The van der Waals surface area contributed by atoms with Crippen LogP contribution in [-0.2, 0) is 9.47 Å². The predicted octanol–water partition coefficient (Wildman–Crippen LogP) is 5.06. The first kappa shape index (κ1) is 25.8. The topological polar surface area (TPSA) is 54.9 Å². The lowest BCUT2D eigenvalue weighted by Crippen LogP contribution is -2.38. The van der Waals surface area contributed by atoms with Gasteiger partial charge in [0.25, 0.3) is 0 Å². The summed E-state index contributed by atoms with van der Waals surface area (Å²) >= 11 is 12.1. The maximum absolute atomic E-state index is 6.12. The third-order valence-electron chi connectivity index (χ3n) is 4.55. The van der Waals surface area contributed by atoms with Gasteiger partial charge in [0.05, 0.1) is 16.1 Å². The maximum atomic E-state index is 6.12. The summed E-state index contributed by atoms with van der Waals surface area (Å²) in [5.74, 6) is 1.44. The van der Waals surface area contributed by atoms with E-state index in [0.717, 1.165) is 70.3 Å². The standard InChI is InChI=1S/C20H31Cl2N3O2.HI/c1-3-23-20(25-15(2)17-5-6-18(21)19(22)13-17)24-9-4-10-27-14-16-7-11-26-12-8-16;/h5-6,13,15-16H,3-4,7-12,14H2,1-2H3,(H2,23,24,25);1H. The fourth-order valence-corrected chi connectivity index (χ4v) is 3.22. The molecule has 0 saturated carbocycles. The van der Waals surface area contributed by atoms with Gasteiger partial charge in [-0.1, -0.05) is 29.3 Å². The molecule has 1 unspecified atom stereocenters. The van der Waals surface area contributed by atoms with Crippen molar-refractivity contribution in [2.75, 3.05) is 39.5 Å². The van der Waals surface area contributed by atoms with Crippen molar-refractivity contribution in [3.8, 4) is 0 Å². The lowest BCUT2D eigenvalue weighted by molar-refractivity contribution is 0.0205. The summed E-state index contributed by atoms with van der Waals surface area (Å²) in [6.45, 7) is 8.96. The lowest BCUT2D eigenvalue weighted by atomic mass is 10.0. The van der Waals surface area contributed by atoms with E-state index < -0.39 is 0 Å². The minimum Gasteiger partial charge on any atom is -0.381 e. The molecule has 5 nitrogen and oxygen atoms in total. The number of guanidine groups is 1. The third-order valence-corrected chi connectivity index (χ3v) is 5.29. The molecule has 0 aliphatic carbocycles. The van der Waals surface area contributed by atoms with E-state index in [1.807, 2.05) is 18.2 Å². The van der Waals surface area contributed by atoms with E-state index in [2.05, 4.69) is 29.5 Å². The molecule has 0 amide bonds. The summed E-state index contributed by atoms with van der Waals surface area (Å²) in [5, 5.41) is 7.81. The van der Waals surface area contributed by atoms with Gasteiger partial charge in [-0.05, 0) is 56.7 Å². The van der Waals surface area contributed by atoms with Crippen molar-refractivity contribution in [1.82, 2.24) is 10.6 Å². The maximum Gasteiger partial charge on any atom is 0.191 e. The van der Waals surface area contributed by atoms with Crippen LogP contribution in [0, 0.1) is 5.92 Å².